The number of rotatable bonds is 5. The standard InChI is InChI=1S/C18H19N3O2/c1-12(2)16(20-18(23)15-5-4-10-21(15)3)17(22)14-8-6-13(11-19)7-9-14/h4-10,12,16H,1-3H3,(H,20,23). The molecule has 0 bridgehead atoms. The Labute approximate surface area is 135 Å². The predicted molar refractivity (Wildman–Crippen MR) is 87.0 cm³/mol. The first-order valence-corrected chi connectivity index (χ1v) is 7.40. The van der Waals surface area contributed by atoms with Gasteiger partial charge in [-0.15, -0.1) is 0 Å². The van der Waals surface area contributed by atoms with Crippen LogP contribution in [0.1, 0.15) is 40.3 Å². The van der Waals surface area contributed by atoms with Gasteiger partial charge in [0.15, 0.2) is 5.78 Å². The Bertz CT molecular complexity index is 751. The lowest BCUT2D eigenvalue weighted by Gasteiger charge is -2.21. The third-order valence-corrected chi connectivity index (χ3v) is 3.71. The number of nitrogens with one attached hydrogen (secondary N) is 1. The van der Waals surface area contributed by atoms with Crippen LogP contribution in [0.2, 0.25) is 0 Å². The fourth-order valence-electron chi connectivity index (χ4n) is 2.34. The molecule has 5 heteroatoms. The smallest absolute Gasteiger partial charge is 0.268 e. The van der Waals surface area contributed by atoms with E-state index in [9.17, 15) is 9.59 Å². The summed E-state index contributed by atoms with van der Waals surface area (Å²) in [5.41, 5.74) is 1.48. The Morgan fingerprint density at radius 3 is 2.30 bits per heavy atom. The number of aryl methyl sites for hydroxylation is 1. The lowest BCUT2D eigenvalue weighted by molar-refractivity contribution is 0.0827. The minimum absolute atomic E-state index is 0.0534. The minimum Gasteiger partial charge on any atom is -0.347 e. The number of Topliss-reactive ketones (excluding diaryl/α,β-unsaturated/α-hetero) is 1. The molecule has 0 spiro atoms. The highest BCUT2D eigenvalue weighted by Gasteiger charge is 2.26. The van der Waals surface area contributed by atoms with Gasteiger partial charge in [0.2, 0.25) is 0 Å². The first kappa shape index (κ1) is 16.5. The van der Waals surface area contributed by atoms with Crippen LogP contribution in [0.5, 0.6) is 0 Å². The van der Waals surface area contributed by atoms with Crippen LogP contribution in [0.15, 0.2) is 42.6 Å². The summed E-state index contributed by atoms with van der Waals surface area (Å²) in [6.07, 6.45) is 1.78. The number of hydrogen-bond acceptors (Lipinski definition) is 3. The van der Waals surface area contributed by atoms with Crippen molar-refractivity contribution in [3.05, 3.63) is 59.4 Å². The zero-order valence-electron chi connectivity index (χ0n) is 13.4. The van der Waals surface area contributed by atoms with E-state index in [1.807, 2.05) is 19.9 Å². The molecule has 0 fully saturated rings. The SMILES string of the molecule is CC(C)C(NC(=O)c1cccn1C)C(=O)c1ccc(C#N)cc1. The molecule has 0 aliphatic heterocycles. The average Bonchev–Trinajstić information content (AvgIpc) is 2.97. The Morgan fingerprint density at radius 1 is 1.17 bits per heavy atom. The summed E-state index contributed by atoms with van der Waals surface area (Å²) in [7, 11) is 1.78. The fourth-order valence-corrected chi connectivity index (χ4v) is 2.34. The molecular formula is C18H19N3O2. The van der Waals surface area contributed by atoms with Crippen LogP contribution in [0, 0.1) is 17.2 Å². The van der Waals surface area contributed by atoms with Crippen molar-refractivity contribution in [3.8, 4) is 6.07 Å². The first-order valence-electron chi connectivity index (χ1n) is 7.40. The Morgan fingerprint density at radius 2 is 1.83 bits per heavy atom. The van der Waals surface area contributed by atoms with Gasteiger partial charge in [0.1, 0.15) is 5.69 Å². The molecule has 1 atom stereocenters. The molecule has 0 aliphatic rings. The Hall–Kier alpha value is -2.87. The maximum Gasteiger partial charge on any atom is 0.268 e. The van der Waals surface area contributed by atoms with Crippen molar-refractivity contribution >= 4 is 11.7 Å². The van der Waals surface area contributed by atoms with Gasteiger partial charge in [0.05, 0.1) is 17.7 Å². The van der Waals surface area contributed by atoms with Crippen LogP contribution >= 0.6 is 0 Å². The van der Waals surface area contributed by atoms with Crippen LogP contribution in [-0.2, 0) is 7.05 Å². The maximum atomic E-state index is 12.7. The van der Waals surface area contributed by atoms with Gasteiger partial charge in [0, 0.05) is 18.8 Å². The summed E-state index contributed by atoms with van der Waals surface area (Å²) in [5.74, 6) is -0.493. The largest absolute Gasteiger partial charge is 0.347 e. The average molecular weight is 309 g/mol. The van der Waals surface area contributed by atoms with Crippen molar-refractivity contribution in [2.24, 2.45) is 13.0 Å². The summed E-state index contributed by atoms with van der Waals surface area (Å²) in [5, 5.41) is 11.6. The monoisotopic (exact) mass is 309 g/mol. The van der Waals surface area contributed by atoms with Crippen LogP contribution < -0.4 is 5.32 Å². The van der Waals surface area contributed by atoms with E-state index >= 15 is 0 Å². The summed E-state index contributed by atoms with van der Waals surface area (Å²) < 4.78 is 1.71. The summed E-state index contributed by atoms with van der Waals surface area (Å²) in [6, 6.07) is 11.3. The van der Waals surface area contributed by atoms with Crippen LogP contribution in [-0.4, -0.2) is 22.3 Å². The van der Waals surface area contributed by atoms with Gasteiger partial charge in [-0.3, -0.25) is 9.59 Å². The van der Waals surface area contributed by atoms with Crippen molar-refractivity contribution in [3.63, 3.8) is 0 Å². The number of carbonyl (C=O) groups is 2. The van der Waals surface area contributed by atoms with Crippen molar-refractivity contribution < 1.29 is 9.59 Å². The lowest BCUT2D eigenvalue weighted by Crippen LogP contribution is -2.44. The molecule has 1 N–H and O–H groups in total. The molecule has 0 aliphatic carbocycles. The molecule has 0 radical (unpaired) electrons. The van der Waals surface area contributed by atoms with E-state index in [1.54, 1.807) is 54.2 Å². The van der Waals surface area contributed by atoms with Crippen molar-refractivity contribution in [1.82, 2.24) is 9.88 Å². The number of aromatic nitrogens is 1. The second kappa shape index (κ2) is 6.93. The highest BCUT2D eigenvalue weighted by molar-refractivity contribution is 6.04. The van der Waals surface area contributed by atoms with Gasteiger partial charge >= 0.3 is 0 Å². The summed E-state index contributed by atoms with van der Waals surface area (Å²) >= 11 is 0. The van der Waals surface area contributed by atoms with Crippen LogP contribution in [0.3, 0.4) is 0 Å². The second-order valence-corrected chi connectivity index (χ2v) is 5.75. The molecule has 23 heavy (non-hydrogen) atoms. The molecule has 118 valence electrons. The van der Waals surface area contributed by atoms with Crippen molar-refractivity contribution in [2.45, 2.75) is 19.9 Å². The molecule has 1 heterocycles. The van der Waals surface area contributed by atoms with Crippen LogP contribution in [0.4, 0.5) is 0 Å². The molecular weight excluding hydrogens is 290 g/mol. The highest BCUT2D eigenvalue weighted by Crippen LogP contribution is 2.13. The van der Waals surface area contributed by atoms with Crippen LogP contribution in [0.25, 0.3) is 0 Å². The normalized spacial score (nSPS) is 11.8. The van der Waals surface area contributed by atoms with E-state index in [1.165, 1.54) is 0 Å². The lowest BCUT2D eigenvalue weighted by atomic mass is 9.94. The number of benzene rings is 1. The molecule has 0 saturated heterocycles. The maximum absolute atomic E-state index is 12.7. The highest BCUT2D eigenvalue weighted by atomic mass is 16.2. The first-order chi connectivity index (χ1) is 10.9. The van der Waals surface area contributed by atoms with Crippen molar-refractivity contribution in [2.75, 3.05) is 0 Å². The number of carbonyl (C=O) groups excluding carboxylic acids is 2. The van der Waals surface area contributed by atoms with E-state index in [2.05, 4.69) is 5.32 Å². The zero-order chi connectivity index (χ0) is 17.0. The molecule has 2 aromatic rings. The fraction of sp³-hybridized carbons (Fsp3) is 0.278. The minimum atomic E-state index is -0.620. The van der Waals surface area contributed by atoms with Gasteiger partial charge in [-0.2, -0.15) is 5.26 Å². The molecule has 1 aromatic carbocycles. The number of nitrogens with zero attached hydrogens (tertiary/aromatic N) is 2. The molecule has 0 saturated carbocycles. The van der Waals surface area contributed by atoms with Gasteiger partial charge in [-0.05, 0) is 30.2 Å². The quantitative estimate of drug-likeness (QED) is 0.862. The topological polar surface area (TPSA) is 74.9 Å². The van der Waals surface area contributed by atoms with Gasteiger partial charge in [0.25, 0.3) is 5.91 Å². The molecule has 1 amide bonds. The number of hydrogen-bond donors (Lipinski definition) is 1. The van der Waals surface area contributed by atoms with Crippen molar-refractivity contribution in [1.29, 1.82) is 5.26 Å². The predicted octanol–water partition coefficient (Wildman–Crippen LogP) is 2.53. The summed E-state index contributed by atoms with van der Waals surface area (Å²) in [4.78, 5) is 25.0. The number of amides is 1. The van der Waals surface area contributed by atoms with Gasteiger partial charge < -0.3 is 9.88 Å². The summed E-state index contributed by atoms with van der Waals surface area (Å²) in [6.45, 7) is 3.77. The van der Waals surface area contributed by atoms with E-state index in [4.69, 9.17) is 5.26 Å². The van der Waals surface area contributed by atoms with Gasteiger partial charge in [-0.1, -0.05) is 26.0 Å². The molecule has 1 unspecified atom stereocenters. The van der Waals surface area contributed by atoms with E-state index in [-0.39, 0.29) is 17.6 Å². The number of nitriles is 1. The van der Waals surface area contributed by atoms with E-state index < -0.39 is 6.04 Å². The number of ketones is 1. The zero-order valence-corrected chi connectivity index (χ0v) is 13.4. The third-order valence-electron chi connectivity index (χ3n) is 3.71. The molecule has 1 aromatic heterocycles. The van der Waals surface area contributed by atoms with Gasteiger partial charge in [-0.25, -0.2) is 0 Å². The molecule has 2 rings (SSSR count). The van der Waals surface area contributed by atoms with E-state index in [0.717, 1.165) is 0 Å². The second-order valence-electron chi connectivity index (χ2n) is 5.75. The Kier molecular flexibility index (Phi) is 4.97. The Balaban J connectivity index is 2.20. The molecule has 5 nitrogen and oxygen atoms in total. The third kappa shape index (κ3) is 3.67. The van der Waals surface area contributed by atoms with E-state index in [0.29, 0.717) is 16.8 Å².